The molecule has 1 aliphatic heterocycles. The van der Waals surface area contributed by atoms with Crippen molar-refractivity contribution in [1.29, 1.82) is 5.26 Å². The third-order valence-electron chi connectivity index (χ3n) is 5.51. The van der Waals surface area contributed by atoms with Crippen LogP contribution in [0.5, 0.6) is 0 Å². The molecule has 4 nitrogen and oxygen atoms in total. The molecule has 6 heteroatoms. The predicted molar refractivity (Wildman–Crippen MR) is 136 cm³/mol. The molecular weight excluding hydrogens is 446 g/mol. The van der Waals surface area contributed by atoms with Crippen LogP contribution in [0.1, 0.15) is 32.6 Å². The number of benzene rings is 3. The quantitative estimate of drug-likeness (QED) is 0.419. The second-order valence-corrected chi connectivity index (χ2v) is 10.6. The van der Waals surface area contributed by atoms with Gasteiger partial charge in [-0.25, -0.2) is 4.31 Å². The lowest BCUT2D eigenvalue weighted by molar-refractivity contribution is 0.0703. The fraction of sp³-hybridized carbons (Fsp3) is 0.259. The maximum Gasteiger partial charge on any atom is 0.253 e. The Balaban J connectivity index is 1.45. The van der Waals surface area contributed by atoms with Gasteiger partial charge in [0.15, 0.2) is 0 Å². The zero-order valence-corrected chi connectivity index (χ0v) is 20.8. The zero-order chi connectivity index (χ0) is 23.4. The fourth-order valence-electron chi connectivity index (χ4n) is 3.93. The molecule has 1 fully saturated rings. The summed E-state index contributed by atoms with van der Waals surface area (Å²) in [6.45, 7) is 9.19. The van der Waals surface area contributed by atoms with Crippen LogP contribution in [0.2, 0.25) is 0 Å². The normalized spacial score (nSPS) is 14.2. The van der Waals surface area contributed by atoms with Crippen molar-refractivity contribution in [3.63, 3.8) is 0 Å². The summed E-state index contributed by atoms with van der Waals surface area (Å²) in [6.07, 6.45) is 0. The number of aryl methyl sites for hydroxylation is 3. The van der Waals surface area contributed by atoms with Gasteiger partial charge in [0.05, 0.1) is 11.6 Å². The van der Waals surface area contributed by atoms with E-state index in [9.17, 15) is 10.1 Å². The molecule has 3 aromatic rings. The average molecular weight is 474 g/mol. The van der Waals surface area contributed by atoms with Gasteiger partial charge in [-0.3, -0.25) is 4.79 Å². The minimum absolute atomic E-state index is 0.0980. The van der Waals surface area contributed by atoms with Crippen LogP contribution in [0, 0.1) is 32.1 Å². The summed E-state index contributed by atoms with van der Waals surface area (Å²) >= 11 is 3.42. The second-order valence-electron chi connectivity index (χ2n) is 8.38. The molecule has 0 radical (unpaired) electrons. The number of nitriles is 1. The summed E-state index contributed by atoms with van der Waals surface area (Å²) in [7, 11) is 0. The molecule has 1 amide bonds. The number of nitrogens with zero attached hydrogens (tertiary/aromatic N) is 3. The smallest absolute Gasteiger partial charge is 0.253 e. The van der Waals surface area contributed by atoms with E-state index >= 15 is 0 Å². The lowest BCUT2D eigenvalue weighted by Gasteiger charge is -2.34. The van der Waals surface area contributed by atoms with Crippen LogP contribution in [0.25, 0.3) is 0 Å². The summed E-state index contributed by atoms with van der Waals surface area (Å²) < 4.78 is 2.29. The fourth-order valence-corrected chi connectivity index (χ4v) is 6.17. The van der Waals surface area contributed by atoms with Crippen LogP contribution >= 0.6 is 23.7 Å². The van der Waals surface area contributed by atoms with E-state index in [0.717, 1.165) is 34.0 Å². The maximum atomic E-state index is 12.9. The van der Waals surface area contributed by atoms with Gasteiger partial charge in [0.1, 0.15) is 0 Å². The molecule has 3 aromatic carbocycles. The van der Waals surface area contributed by atoms with E-state index in [-0.39, 0.29) is 5.91 Å². The first kappa shape index (κ1) is 23.4. The number of amides is 1. The molecule has 1 saturated heterocycles. The van der Waals surface area contributed by atoms with Gasteiger partial charge in [-0.1, -0.05) is 35.5 Å². The third kappa shape index (κ3) is 6.00. The molecule has 0 N–H and O–H groups in total. The van der Waals surface area contributed by atoms with Crippen molar-refractivity contribution >= 4 is 29.6 Å². The Morgan fingerprint density at radius 2 is 1.58 bits per heavy atom. The van der Waals surface area contributed by atoms with E-state index in [1.807, 2.05) is 54.3 Å². The molecule has 4 rings (SSSR count). The van der Waals surface area contributed by atoms with Gasteiger partial charge in [-0.2, -0.15) is 5.26 Å². The first-order valence-electron chi connectivity index (χ1n) is 11.0. The molecule has 1 aliphatic rings. The van der Waals surface area contributed by atoms with Crippen molar-refractivity contribution in [3.8, 4) is 6.07 Å². The molecule has 0 unspecified atom stereocenters. The van der Waals surface area contributed by atoms with Crippen molar-refractivity contribution in [1.82, 2.24) is 9.21 Å². The van der Waals surface area contributed by atoms with E-state index in [0.29, 0.717) is 18.7 Å². The number of carbonyl (C=O) groups is 1. The summed E-state index contributed by atoms with van der Waals surface area (Å²) in [5, 5.41) is 9.42. The molecule has 0 bridgehead atoms. The van der Waals surface area contributed by atoms with Gasteiger partial charge < -0.3 is 4.90 Å². The molecule has 0 saturated carbocycles. The Kier molecular flexibility index (Phi) is 7.44. The SMILES string of the molecule is Cc1cc(C)cc(Sc2ccc(C#N)cc2SN2CCN(C(=O)c3cccc(C)c3)CC2)c1. The van der Waals surface area contributed by atoms with Crippen molar-refractivity contribution in [3.05, 3.63) is 88.5 Å². The van der Waals surface area contributed by atoms with Crippen molar-refractivity contribution in [2.45, 2.75) is 35.5 Å². The minimum atomic E-state index is 0.0980. The van der Waals surface area contributed by atoms with Crippen LogP contribution in [0.3, 0.4) is 0 Å². The van der Waals surface area contributed by atoms with E-state index in [1.54, 1.807) is 23.7 Å². The Labute approximate surface area is 204 Å². The van der Waals surface area contributed by atoms with Gasteiger partial charge in [-0.15, -0.1) is 0 Å². The van der Waals surface area contributed by atoms with Crippen LogP contribution in [-0.4, -0.2) is 41.3 Å². The second kappa shape index (κ2) is 10.5. The van der Waals surface area contributed by atoms with Crippen LogP contribution in [0.15, 0.2) is 75.4 Å². The average Bonchev–Trinajstić information content (AvgIpc) is 2.79. The maximum absolute atomic E-state index is 12.9. The topological polar surface area (TPSA) is 47.3 Å². The molecule has 0 spiro atoms. The monoisotopic (exact) mass is 473 g/mol. The lowest BCUT2D eigenvalue weighted by Crippen LogP contribution is -2.46. The van der Waals surface area contributed by atoms with Gasteiger partial charge in [-0.05, 0) is 86.3 Å². The Morgan fingerprint density at radius 3 is 2.24 bits per heavy atom. The Hall–Kier alpha value is -2.72. The highest BCUT2D eigenvalue weighted by atomic mass is 32.2. The molecular formula is C27H27N3OS2. The van der Waals surface area contributed by atoms with Crippen LogP contribution in [0.4, 0.5) is 0 Å². The third-order valence-corrected chi connectivity index (χ3v) is 7.85. The number of rotatable bonds is 5. The first-order chi connectivity index (χ1) is 15.9. The summed E-state index contributed by atoms with van der Waals surface area (Å²) in [6, 6.07) is 22.5. The molecule has 33 heavy (non-hydrogen) atoms. The summed E-state index contributed by atoms with van der Waals surface area (Å²) in [4.78, 5) is 18.2. The van der Waals surface area contributed by atoms with E-state index in [2.05, 4.69) is 42.4 Å². The van der Waals surface area contributed by atoms with E-state index < -0.39 is 0 Å². The van der Waals surface area contributed by atoms with Crippen molar-refractivity contribution in [2.24, 2.45) is 0 Å². The number of piperazine rings is 1. The Bertz CT molecular complexity index is 1190. The molecule has 1 heterocycles. The van der Waals surface area contributed by atoms with Gasteiger partial charge in [0.25, 0.3) is 5.91 Å². The highest BCUT2D eigenvalue weighted by Crippen LogP contribution is 2.38. The standard InChI is InChI=1S/C27H27N3OS2/c1-19-5-4-6-23(14-19)27(31)29-9-11-30(12-10-29)33-26-17-22(18-28)7-8-25(26)32-24-15-20(2)13-21(3)16-24/h4-8,13-17H,9-12H2,1-3H3. The predicted octanol–water partition coefficient (Wildman–Crippen LogP) is 6.10. The molecule has 0 aromatic heterocycles. The van der Waals surface area contributed by atoms with Crippen LogP contribution in [-0.2, 0) is 0 Å². The highest BCUT2D eigenvalue weighted by molar-refractivity contribution is 8.01. The van der Waals surface area contributed by atoms with Gasteiger partial charge in [0, 0.05) is 46.4 Å². The number of hydrogen-bond acceptors (Lipinski definition) is 5. The zero-order valence-electron chi connectivity index (χ0n) is 19.2. The summed E-state index contributed by atoms with van der Waals surface area (Å²) in [5.74, 6) is 0.0980. The van der Waals surface area contributed by atoms with Crippen molar-refractivity contribution in [2.75, 3.05) is 26.2 Å². The molecule has 0 aliphatic carbocycles. The first-order valence-corrected chi connectivity index (χ1v) is 12.6. The largest absolute Gasteiger partial charge is 0.336 e. The lowest BCUT2D eigenvalue weighted by atomic mass is 10.1. The van der Waals surface area contributed by atoms with Crippen molar-refractivity contribution < 1.29 is 4.79 Å². The number of hydrogen-bond donors (Lipinski definition) is 0. The minimum Gasteiger partial charge on any atom is -0.336 e. The highest BCUT2D eigenvalue weighted by Gasteiger charge is 2.23. The van der Waals surface area contributed by atoms with E-state index in [4.69, 9.17) is 0 Å². The molecule has 168 valence electrons. The molecule has 0 atom stereocenters. The summed E-state index contributed by atoms with van der Waals surface area (Å²) in [5.41, 5.74) is 5.01. The number of carbonyl (C=O) groups excluding carboxylic acids is 1. The van der Waals surface area contributed by atoms with Gasteiger partial charge >= 0.3 is 0 Å². The van der Waals surface area contributed by atoms with Gasteiger partial charge in [0.2, 0.25) is 0 Å². The van der Waals surface area contributed by atoms with Crippen LogP contribution < -0.4 is 0 Å². The van der Waals surface area contributed by atoms with E-state index in [1.165, 1.54) is 16.0 Å². The Morgan fingerprint density at radius 1 is 0.848 bits per heavy atom.